The van der Waals surface area contributed by atoms with Crippen LogP contribution in [0.25, 0.3) is 21.5 Å². The van der Waals surface area contributed by atoms with Crippen molar-refractivity contribution in [3.63, 3.8) is 0 Å². The number of anilines is 1. The number of aliphatic carboxylic acids is 1. The monoisotopic (exact) mass is 1790 g/mol. The number of aliphatic imine (C=N–C) groups is 2. The molecule has 0 saturated carbocycles. The molecule has 0 radical (unpaired) electrons. The van der Waals surface area contributed by atoms with Crippen LogP contribution in [0.5, 0.6) is 11.5 Å². The third kappa shape index (κ3) is 26.2. The first kappa shape index (κ1) is 95.6. The summed E-state index contributed by atoms with van der Waals surface area (Å²) in [5.74, 6) is -2.77. The number of carboxylic acid groups (broad SMARTS) is 1. The fraction of sp³-hybridized carbons (Fsp3) is 0.460. The number of aryl methyl sites for hydroxylation is 2. The number of carboxylic acids is 1. The molecule has 33 nitrogen and oxygen atoms in total. The molecule has 0 spiro atoms. The van der Waals surface area contributed by atoms with Gasteiger partial charge in [-0.05, 0) is 197 Å². The molecule has 1 unspecified atom stereocenters. The maximum absolute atomic E-state index is 14.0. The van der Waals surface area contributed by atoms with Gasteiger partial charge in [-0.3, -0.25) is 47.9 Å². The second-order valence-electron chi connectivity index (χ2n) is 32.0. The number of unbranched alkanes of at least 4 members (excludes halogenated alkanes) is 4. The molecule has 0 bridgehead atoms. The highest BCUT2D eigenvalue weighted by molar-refractivity contribution is 7.89. The van der Waals surface area contributed by atoms with Gasteiger partial charge in [0.1, 0.15) is 48.2 Å². The van der Waals surface area contributed by atoms with Crippen LogP contribution >= 0.6 is 0 Å². The van der Waals surface area contributed by atoms with Crippen LogP contribution in [0, 0.1) is 13.8 Å². The van der Waals surface area contributed by atoms with Gasteiger partial charge < -0.3 is 62.0 Å². The van der Waals surface area contributed by atoms with E-state index in [9.17, 15) is 76.7 Å². The number of hydrogen-bond donors (Lipinski definition) is 13. The maximum Gasteiger partial charge on any atom is 0.323 e. The molecule has 13 N–H and O–H groups in total. The highest BCUT2D eigenvalue weighted by atomic mass is 32.2. The minimum absolute atomic E-state index is 0.00271. The van der Waals surface area contributed by atoms with E-state index in [2.05, 4.69) is 85.3 Å². The lowest BCUT2D eigenvalue weighted by molar-refractivity contribution is -0.433. The van der Waals surface area contributed by atoms with Gasteiger partial charge in [0.05, 0.1) is 34.9 Å². The molecule has 6 aromatic rings. The summed E-state index contributed by atoms with van der Waals surface area (Å²) in [5, 5.41) is 35.6. The van der Waals surface area contributed by atoms with E-state index in [0.717, 1.165) is 89.7 Å². The predicted molar refractivity (Wildman–Crippen MR) is 477 cm³/mol. The van der Waals surface area contributed by atoms with Gasteiger partial charge >= 0.3 is 5.97 Å². The van der Waals surface area contributed by atoms with Crippen LogP contribution in [0.4, 0.5) is 11.4 Å². The lowest BCUT2D eigenvalue weighted by atomic mass is 9.78. The highest BCUT2D eigenvalue weighted by Gasteiger charge is 2.46. The predicted octanol–water partition coefficient (Wildman–Crippen LogP) is 7.54. The van der Waals surface area contributed by atoms with Gasteiger partial charge in [-0.2, -0.15) is 26.1 Å². The fourth-order valence-electron chi connectivity index (χ4n) is 15.7. The number of ether oxygens (including phenoxy) is 2. The Morgan fingerprint density at radius 1 is 0.597 bits per heavy atom. The largest absolute Gasteiger partial charge is 0.492 e. The van der Waals surface area contributed by atoms with Crippen molar-refractivity contribution in [3.05, 3.63) is 167 Å². The number of Topliss-reactive ketones (excluding diaryl/α,β-unsaturated/α-hetero) is 1. The molecule has 2 atom stereocenters. The average Bonchev–Trinajstić information content (AvgIpc) is 1.56. The molecule has 0 fully saturated rings. The number of ketones is 1. The SMILES string of the molecule is CC[N+]1=C(/C=C/C=C/C=C2/N(CCCCCC(=O)NC(CCCCCC(=O)NCCS(=O)(=O)N[C@@H](CNC(=O)c3ccc(OCCNC4=NCCCN4)cc3)C(=O)O)C(=O)NCCS(=O)(=O)NCCCC(=O)c3ccc(OCCNC4=NCCCN4)cc3)c3ccc4c(S(=O)(=O)O)cc(C)cc4c3C2(C)C)C(C)(C)c2c1ccc1c(C)cc(S(=O)(=O)O)cc21. The first-order valence-corrected chi connectivity index (χ1v) is 48.1. The molecule has 0 aromatic heterocycles. The zero-order valence-electron chi connectivity index (χ0n) is 71.1. The summed E-state index contributed by atoms with van der Waals surface area (Å²) < 4.78 is 142. The van der Waals surface area contributed by atoms with Crippen LogP contribution < -0.4 is 66.4 Å². The third-order valence-corrected chi connectivity index (χ3v) is 26.4. The Bertz CT molecular complexity index is 5600. The van der Waals surface area contributed by atoms with Crippen LogP contribution in [0.1, 0.15) is 161 Å². The minimum Gasteiger partial charge on any atom is -0.492 e. The number of rotatable bonds is 46. The van der Waals surface area contributed by atoms with Crippen molar-refractivity contribution in [2.75, 3.05) is 108 Å². The Morgan fingerprint density at radius 3 is 1.83 bits per heavy atom. The van der Waals surface area contributed by atoms with Gasteiger partial charge in [-0.15, -0.1) is 0 Å². The molecular formula is C87H115N14O19S4+. The number of benzene rings is 6. The van der Waals surface area contributed by atoms with Crippen molar-refractivity contribution >= 4 is 126 Å². The number of allylic oxidation sites excluding steroid dienone is 6. The molecule has 0 saturated heterocycles. The Morgan fingerprint density at radius 2 is 1.21 bits per heavy atom. The summed E-state index contributed by atoms with van der Waals surface area (Å²) >= 11 is 0. The standard InChI is InChI=1S/C87H114N14O19S4/c1-8-100-71-37-35-65-59(3)55-64(123(113,114)115)56-68(65)80(71)86(4,5)75(100)23-13-10-14-24-76-87(6,7)79-67-53-58(2)54-74(124(116,117)118)66(67)36-38-72(79)101(76)48-17-11-16-26-78(104)98-69(82(106)89-47-51-121(109,110)97-43-18-22-73(102)60-27-31-62(32-28-60)119-49-44-94-84-90-39-19-40-91-84)21-12-9-15-25-77(103)88-46-52-122(111,112)99-70(83(107)108)57-96-81(105)61-29-33-63(34-30-61)120-50-45-95-85-92-41-20-42-93-85/h10,13-14,23-24,27-38,53-56,69-70,97,99H,8-9,11-12,15-22,25-26,39-52,57H2,1-7H3,(H10-,88,89,90,91,92,93,94,95,96,98,103,104,105,106,107,108,113,114,115,116,117,118)/p+1/t69?,70-/m0/s1. The third-order valence-electron chi connectivity index (χ3n) is 21.9. The lowest BCUT2D eigenvalue weighted by Gasteiger charge is -2.27. The van der Waals surface area contributed by atoms with Gasteiger partial charge in [0.2, 0.25) is 43.5 Å². The number of carbonyl (C=O) groups is 6. The second-order valence-corrected chi connectivity index (χ2v) is 38.6. The number of nitrogens with zero attached hydrogens (tertiary/aromatic N) is 4. The second kappa shape index (κ2) is 43.3. The molecule has 6 aromatic carbocycles. The van der Waals surface area contributed by atoms with Gasteiger partial charge in [0.15, 0.2) is 23.4 Å². The van der Waals surface area contributed by atoms with Crippen molar-refractivity contribution in [1.82, 2.24) is 52.0 Å². The lowest BCUT2D eigenvalue weighted by Crippen LogP contribution is -2.49. The Hall–Kier alpha value is -10.7. The number of nitrogens with one attached hydrogen (secondary N) is 10. The van der Waals surface area contributed by atoms with E-state index in [1.165, 1.54) is 30.3 Å². The summed E-state index contributed by atoms with van der Waals surface area (Å²) in [7, 11) is -17.4. The molecule has 10 rings (SSSR count). The summed E-state index contributed by atoms with van der Waals surface area (Å²) in [6.07, 6.45) is 14.4. The van der Waals surface area contributed by atoms with Crippen molar-refractivity contribution in [2.24, 2.45) is 9.98 Å². The number of amides is 4. The number of fused-ring (bicyclic) bond motifs is 6. The number of sulfonamides is 2. The number of guanidine groups is 2. The summed E-state index contributed by atoms with van der Waals surface area (Å²) in [6, 6.07) is 23.8. The van der Waals surface area contributed by atoms with Crippen LogP contribution in [-0.4, -0.2) is 221 Å². The van der Waals surface area contributed by atoms with E-state index >= 15 is 0 Å². The molecule has 4 amide bonds. The molecule has 4 aliphatic heterocycles. The quantitative estimate of drug-likeness (QED) is 0.00576. The number of carbonyl (C=O) groups excluding carboxylic acids is 5. The fourth-order valence-corrected chi connectivity index (χ4v) is 19.2. The highest BCUT2D eigenvalue weighted by Crippen LogP contribution is 2.52. The minimum atomic E-state index is -4.64. The van der Waals surface area contributed by atoms with E-state index in [-0.39, 0.29) is 79.3 Å². The normalized spacial score (nSPS) is 15.9. The van der Waals surface area contributed by atoms with Crippen molar-refractivity contribution in [2.45, 2.75) is 165 Å². The average molecular weight is 1790 g/mol. The molecular weight excluding hydrogens is 1670 g/mol. The Kier molecular flexibility index (Phi) is 33.4. The van der Waals surface area contributed by atoms with E-state index in [1.807, 2.05) is 82.3 Å². The van der Waals surface area contributed by atoms with Gasteiger partial charge in [-0.25, -0.2) is 21.6 Å². The summed E-state index contributed by atoms with van der Waals surface area (Å²) in [5.41, 5.74) is 5.93. The molecule has 124 heavy (non-hydrogen) atoms. The van der Waals surface area contributed by atoms with E-state index in [4.69, 9.17) is 9.47 Å². The zero-order valence-corrected chi connectivity index (χ0v) is 74.3. The Balaban J connectivity index is 0.735. The van der Waals surface area contributed by atoms with E-state index in [0.29, 0.717) is 116 Å². The van der Waals surface area contributed by atoms with Crippen molar-refractivity contribution in [1.29, 1.82) is 0 Å². The number of hydrogen-bond acceptors (Lipinski definition) is 23. The van der Waals surface area contributed by atoms with Crippen LogP contribution in [0.2, 0.25) is 0 Å². The molecule has 37 heteroatoms. The Labute approximate surface area is 725 Å². The zero-order chi connectivity index (χ0) is 89.6. The van der Waals surface area contributed by atoms with E-state index in [1.54, 1.807) is 49.4 Å². The summed E-state index contributed by atoms with van der Waals surface area (Å²) in [4.78, 5) is 89.7. The van der Waals surface area contributed by atoms with Gasteiger partial charge in [0, 0.05) is 129 Å². The molecule has 4 heterocycles. The molecule has 4 aliphatic rings. The maximum atomic E-state index is 14.0. The topological polar surface area (TPSA) is 469 Å². The van der Waals surface area contributed by atoms with E-state index < -0.39 is 111 Å². The van der Waals surface area contributed by atoms with Gasteiger partial charge in [-0.1, -0.05) is 63.5 Å². The van der Waals surface area contributed by atoms with Crippen molar-refractivity contribution < 1.29 is 90.7 Å². The van der Waals surface area contributed by atoms with Crippen molar-refractivity contribution in [3.8, 4) is 11.5 Å². The first-order chi connectivity index (χ1) is 58.9. The smallest absolute Gasteiger partial charge is 0.323 e. The summed E-state index contributed by atoms with van der Waals surface area (Å²) in [6.45, 7) is 18.4. The van der Waals surface area contributed by atoms with Crippen LogP contribution in [0.3, 0.4) is 0 Å². The molecule has 670 valence electrons. The molecule has 0 aliphatic carbocycles. The van der Waals surface area contributed by atoms with Crippen LogP contribution in [0.15, 0.2) is 153 Å². The first-order valence-electron chi connectivity index (χ1n) is 41.9. The van der Waals surface area contributed by atoms with Crippen LogP contribution in [-0.2, 0) is 70.3 Å². The van der Waals surface area contributed by atoms with Gasteiger partial charge in [0.25, 0.3) is 26.1 Å².